The molecule has 0 aromatic carbocycles. The molecule has 0 amide bonds. The first-order valence-corrected chi connectivity index (χ1v) is 13.1. The number of hydrogen-bond acceptors (Lipinski definition) is 0. The van der Waals surface area contributed by atoms with Gasteiger partial charge >= 0.3 is 60.5 Å². The van der Waals surface area contributed by atoms with Crippen LogP contribution in [0.25, 0.3) is 0 Å². The van der Waals surface area contributed by atoms with Crippen LogP contribution in [-0.4, -0.2) is 24.3 Å². The van der Waals surface area contributed by atoms with Gasteiger partial charge in [0.2, 0.25) is 0 Å². The fraction of sp³-hybridized carbons (Fsp3) is 0.667. The first kappa shape index (κ1) is 8.65. The molecule has 0 aliphatic heterocycles. The molecule has 0 N–H and O–H groups in total. The third kappa shape index (κ3) is 6.65. The number of rotatable bonds is 0. The monoisotopic (exact) mass is 238 g/mol. The molecule has 0 aliphatic rings. The maximum atomic E-state index is 5.37. The number of hydrogen-bond donors (Lipinski definition) is 0. The Labute approximate surface area is 60.5 Å². The van der Waals surface area contributed by atoms with Crippen molar-refractivity contribution in [3.8, 4) is 9.86 Å². The predicted octanol–water partition coefficient (Wildman–Crippen LogP) is 2.11. The third-order valence-corrected chi connectivity index (χ3v) is 3.31. The van der Waals surface area contributed by atoms with Crippen LogP contribution in [-0.2, 0) is 0 Å². The van der Waals surface area contributed by atoms with Crippen molar-refractivity contribution >= 4 is 30.0 Å². The molecular formula is C6H11ClSn. The Hall–Kier alpha value is 0.649. The van der Waals surface area contributed by atoms with E-state index in [1.54, 1.807) is 0 Å². The standard InChI is InChI=1S/C3H2Cl.3CH3.Sn/c1-2-3-4;;;;/h3H2;3*1H3;. The van der Waals surface area contributed by atoms with Crippen LogP contribution in [0.5, 0.6) is 0 Å². The zero-order valence-corrected chi connectivity index (χ0v) is 9.20. The Bertz CT molecular complexity index is 113. The molecule has 0 spiro atoms. The molecule has 0 saturated heterocycles. The molecule has 0 nitrogen and oxygen atoms in total. The van der Waals surface area contributed by atoms with Gasteiger partial charge in [-0.15, -0.1) is 0 Å². The summed E-state index contributed by atoms with van der Waals surface area (Å²) in [6, 6.07) is 0. The van der Waals surface area contributed by atoms with Crippen molar-refractivity contribution in [1.29, 1.82) is 0 Å². The molecule has 0 bridgehead atoms. The zero-order chi connectivity index (χ0) is 6.62. The van der Waals surface area contributed by atoms with Crippen LogP contribution >= 0.6 is 11.6 Å². The van der Waals surface area contributed by atoms with E-state index in [-0.39, 0.29) is 0 Å². The molecule has 2 heteroatoms. The van der Waals surface area contributed by atoms with Gasteiger partial charge in [-0.05, 0) is 0 Å². The van der Waals surface area contributed by atoms with E-state index >= 15 is 0 Å². The molecule has 0 aromatic heterocycles. The summed E-state index contributed by atoms with van der Waals surface area (Å²) in [6.07, 6.45) is 0. The quantitative estimate of drug-likeness (QED) is 0.344. The van der Waals surface area contributed by atoms with Gasteiger partial charge in [0.15, 0.2) is 0 Å². The molecule has 46 valence electrons. The Morgan fingerprint density at radius 3 is 2.00 bits per heavy atom. The van der Waals surface area contributed by atoms with Gasteiger partial charge < -0.3 is 0 Å². The SMILES string of the molecule is [CH3][Sn]([CH3])([CH3])[C]#CCCl. The molecule has 0 radical (unpaired) electrons. The molecule has 8 heavy (non-hydrogen) atoms. The summed E-state index contributed by atoms with van der Waals surface area (Å²) in [4.78, 5) is 6.82. The molecule has 0 aliphatic carbocycles. The third-order valence-electron chi connectivity index (χ3n) is 0.530. The van der Waals surface area contributed by atoms with Gasteiger partial charge in [0, 0.05) is 0 Å². The van der Waals surface area contributed by atoms with Crippen molar-refractivity contribution in [1.82, 2.24) is 0 Å². The molecule has 0 unspecified atom stereocenters. The normalized spacial score (nSPS) is 10.0. The summed E-state index contributed by atoms with van der Waals surface area (Å²) in [6.45, 7) is 0. The Kier molecular flexibility index (Phi) is 3.93. The Morgan fingerprint density at radius 2 is 1.88 bits per heavy atom. The van der Waals surface area contributed by atoms with E-state index in [9.17, 15) is 0 Å². The average molecular weight is 237 g/mol. The molecule has 0 aromatic rings. The second kappa shape index (κ2) is 3.63. The summed E-state index contributed by atoms with van der Waals surface area (Å²) >= 11 is 3.61. The van der Waals surface area contributed by atoms with Crippen molar-refractivity contribution in [3.05, 3.63) is 0 Å². The number of halogens is 1. The van der Waals surface area contributed by atoms with Crippen molar-refractivity contribution in [3.63, 3.8) is 0 Å². The van der Waals surface area contributed by atoms with Crippen LogP contribution in [0, 0.1) is 9.86 Å². The maximum absolute atomic E-state index is 5.37. The van der Waals surface area contributed by atoms with Gasteiger partial charge in [0.25, 0.3) is 0 Å². The molecule has 0 atom stereocenters. The number of alkyl halides is 1. The zero-order valence-electron chi connectivity index (χ0n) is 5.59. The fourth-order valence-electron chi connectivity index (χ4n) is 0.299. The van der Waals surface area contributed by atoms with E-state index < -0.39 is 18.4 Å². The topological polar surface area (TPSA) is 0 Å². The van der Waals surface area contributed by atoms with E-state index in [0.717, 1.165) is 0 Å². The molecule has 0 saturated carbocycles. The molecule has 0 heterocycles. The van der Waals surface area contributed by atoms with Crippen molar-refractivity contribution in [2.24, 2.45) is 0 Å². The van der Waals surface area contributed by atoms with Gasteiger partial charge in [0.05, 0.1) is 0 Å². The van der Waals surface area contributed by atoms with E-state index in [4.69, 9.17) is 11.6 Å². The van der Waals surface area contributed by atoms with Gasteiger partial charge in [-0.3, -0.25) is 0 Å². The van der Waals surface area contributed by atoms with Gasteiger partial charge in [-0.25, -0.2) is 0 Å². The minimum atomic E-state index is -1.75. The average Bonchev–Trinajstić information content (AvgIpc) is 1.59. The Morgan fingerprint density at radius 1 is 1.38 bits per heavy atom. The van der Waals surface area contributed by atoms with Crippen molar-refractivity contribution < 1.29 is 0 Å². The van der Waals surface area contributed by atoms with Gasteiger partial charge in [0.1, 0.15) is 0 Å². The van der Waals surface area contributed by atoms with Crippen molar-refractivity contribution in [2.75, 3.05) is 5.88 Å². The van der Waals surface area contributed by atoms with Crippen LogP contribution < -0.4 is 0 Å². The van der Waals surface area contributed by atoms with Crippen LogP contribution in [0.3, 0.4) is 0 Å². The summed E-state index contributed by atoms with van der Waals surface area (Å²) in [5.41, 5.74) is 0. The summed E-state index contributed by atoms with van der Waals surface area (Å²) in [5, 5.41) is 0. The van der Waals surface area contributed by atoms with Crippen LogP contribution in [0.2, 0.25) is 14.8 Å². The summed E-state index contributed by atoms with van der Waals surface area (Å²) in [7, 11) is 0. The summed E-state index contributed by atoms with van der Waals surface area (Å²) in [5.74, 6) is 3.39. The van der Waals surface area contributed by atoms with E-state index in [0.29, 0.717) is 5.88 Å². The first-order chi connectivity index (χ1) is 3.56. The second-order valence-corrected chi connectivity index (χ2v) is 16.5. The minimum absolute atomic E-state index is 0.494. The Balaban J connectivity index is 3.69. The van der Waals surface area contributed by atoms with E-state index in [2.05, 4.69) is 24.7 Å². The van der Waals surface area contributed by atoms with Crippen LogP contribution in [0.1, 0.15) is 0 Å². The first-order valence-electron chi connectivity index (χ1n) is 2.62. The fourth-order valence-corrected chi connectivity index (χ4v) is 2.45. The molecule has 0 rings (SSSR count). The summed E-state index contributed by atoms with van der Waals surface area (Å²) < 4.78 is 3.20. The van der Waals surface area contributed by atoms with Crippen molar-refractivity contribution in [2.45, 2.75) is 14.8 Å². The van der Waals surface area contributed by atoms with Gasteiger partial charge in [-0.2, -0.15) is 0 Å². The van der Waals surface area contributed by atoms with E-state index in [1.807, 2.05) is 0 Å². The van der Waals surface area contributed by atoms with Gasteiger partial charge in [-0.1, -0.05) is 0 Å². The second-order valence-electron chi connectivity index (χ2n) is 2.69. The molecule has 0 fully saturated rings. The molecular weight excluding hydrogens is 226 g/mol. The van der Waals surface area contributed by atoms with Crippen LogP contribution in [0.4, 0.5) is 0 Å². The van der Waals surface area contributed by atoms with E-state index in [1.165, 1.54) is 0 Å². The van der Waals surface area contributed by atoms with Crippen LogP contribution in [0.15, 0.2) is 0 Å². The predicted molar refractivity (Wildman–Crippen MR) is 41.8 cm³/mol.